The van der Waals surface area contributed by atoms with Crippen molar-refractivity contribution < 1.29 is 4.74 Å². The van der Waals surface area contributed by atoms with Gasteiger partial charge in [-0.15, -0.1) is 0 Å². The van der Waals surface area contributed by atoms with E-state index >= 15 is 0 Å². The summed E-state index contributed by atoms with van der Waals surface area (Å²) in [5.74, 6) is 0.473. The van der Waals surface area contributed by atoms with Crippen molar-refractivity contribution in [1.29, 1.82) is 0 Å². The summed E-state index contributed by atoms with van der Waals surface area (Å²) >= 11 is 0. The molecule has 0 radical (unpaired) electrons. The fourth-order valence-electron chi connectivity index (χ4n) is 2.07. The van der Waals surface area contributed by atoms with E-state index in [0.717, 1.165) is 11.0 Å². The van der Waals surface area contributed by atoms with Crippen LogP contribution in [0.15, 0.2) is 41.5 Å². The lowest BCUT2D eigenvalue weighted by molar-refractivity contribution is 0.345. The smallest absolute Gasteiger partial charge is 0.156 e. The molecular weight excluding hydrogens is 254 g/mol. The second kappa shape index (κ2) is 5.03. The molecule has 0 aliphatic heterocycles. The first-order valence-electron chi connectivity index (χ1n) is 6.21. The largest absolute Gasteiger partial charge is 0.491 e. The van der Waals surface area contributed by atoms with Gasteiger partial charge in [-0.05, 0) is 36.7 Å². The molecular formula is C14H11N5O. The van der Waals surface area contributed by atoms with Gasteiger partial charge in [-0.2, -0.15) is 0 Å². The molecule has 0 aliphatic rings. The predicted molar refractivity (Wildman–Crippen MR) is 77.0 cm³/mol. The van der Waals surface area contributed by atoms with Gasteiger partial charge in [-0.3, -0.25) is 0 Å². The molecule has 0 amide bonds. The van der Waals surface area contributed by atoms with E-state index in [2.05, 4.69) is 20.0 Å². The van der Waals surface area contributed by atoms with Crippen LogP contribution >= 0.6 is 0 Å². The molecule has 0 aliphatic carbocycles. The molecule has 0 spiro atoms. The number of benzene rings is 2. The van der Waals surface area contributed by atoms with Crippen molar-refractivity contribution in [2.45, 2.75) is 6.92 Å². The van der Waals surface area contributed by atoms with E-state index < -0.39 is 0 Å². The highest BCUT2D eigenvalue weighted by Crippen LogP contribution is 2.35. The second-order valence-corrected chi connectivity index (χ2v) is 4.12. The zero-order valence-electron chi connectivity index (χ0n) is 10.8. The quantitative estimate of drug-likeness (QED) is 0.309. The Labute approximate surface area is 114 Å². The van der Waals surface area contributed by atoms with E-state index in [1.165, 1.54) is 0 Å². The van der Waals surface area contributed by atoms with Crippen molar-refractivity contribution in [3.63, 3.8) is 0 Å². The summed E-state index contributed by atoms with van der Waals surface area (Å²) in [4.78, 5) is 11.9. The number of aromatic nitrogens is 2. The molecule has 3 rings (SSSR count). The first-order chi connectivity index (χ1) is 9.83. The Morgan fingerprint density at radius 3 is 2.55 bits per heavy atom. The van der Waals surface area contributed by atoms with E-state index in [4.69, 9.17) is 10.3 Å². The standard InChI is InChI=1S/C14H11N5O/c1-2-20-14-12(18-19-15)8-7-11-13(14)17-10-6-4-3-5-9(10)16-11/h3-8H,2H2,1H3. The van der Waals surface area contributed by atoms with E-state index in [9.17, 15) is 0 Å². The van der Waals surface area contributed by atoms with Gasteiger partial charge in [0.1, 0.15) is 5.52 Å². The number of ether oxygens (including phenoxy) is 1. The van der Waals surface area contributed by atoms with Gasteiger partial charge in [0, 0.05) is 4.91 Å². The topological polar surface area (TPSA) is 83.8 Å². The Bertz CT molecular complexity index is 839. The van der Waals surface area contributed by atoms with Gasteiger partial charge in [0.05, 0.1) is 28.8 Å². The van der Waals surface area contributed by atoms with E-state index in [-0.39, 0.29) is 0 Å². The number of nitrogens with zero attached hydrogens (tertiary/aromatic N) is 5. The molecule has 0 N–H and O–H groups in total. The minimum absolute atomic E-state index is 0.423. The fourth-order valence-corrected chi connectivity index (χ4v) is 2.07. The average Bonchev–Trinajstić information content (AvgIpc) is 2.48. The highest BCUT2D eigenvalue weighted by Gasteiger charge is 2.11. The van der Waals surface area contributed by atoms with Crippen LogP contribution in [-0.2, 0) is 0 Å². The predicted octanol–water partition coefficient (Wildman–Crippen LogP) is 4.12. The summed E-state index contributed by atoms with van der Waals surface area (Å²) in [6.45, 7) is 2.33. The summed E-state index contributed by atoms with van der Waals surface area (Å²) in [5.41, 5.74) is 12.0. The van der Waals surface area contributed by atoms with E-state index in [1.54, 1.807) is 12.1 Å². The average molecular weight is 265 g/mol. The van der Waals surface area contributed by atoms with E-state index in [1.807, 2.05) is 31.2 Å². The zero-order chi connectivity index (χ0) is 13.9. The van der Waals surface area contributed by atoms with Crippen LogP contribution in [0.4, 0.5) is 5.69 Å². The maximum Gasteiger partial charge on any atom is 0.156 e. The summed E-state index contributed by atoms with van der Waals surface area (Å²) in [5, 5.41) is 3.64. The van der Waals surface area contributed by atoms with Gasteiger partial charge in [-0.25, -0.2) is 9.97 Å². The zero-order valence-corrected chi connectivity index (χ0v) is 10.8. The summed E-state index contributed by atoms with van der Waals surface area (Å²) in [7, 11) is 0. The van der Waals surface area contributed by atoms with Crippen LogP contribution in [0.5, 0.6) is 5.75 Å². The molecule has 20 heavy (non-hydrogen) atoms. The molecule has 0 unspecified atom stereocenters. The third-order valence-corrected chi connectivity index (χ3v) is 2.89. The highest BCUT2D eigenvalue weighted by atomic mass is 16.5. The number of fused-ring (bicyclic) bond motifs is 2. The molecule has 1 heterocycles. The molecule has 2 aromatic carbocycles. The second-order valence-electron chi connectivity index (χ2n) is 4.12. The van der Waals surface area contributed by atoms with Crippen LogP contribution < -0.4 is 4.74 Å². The van der Waals surface area contributed by atoms with Crippen molar-refractivity contribution in [1.82, 2.24) is 9.97 Å². The third-order valence-electron chi connectivity index (χ3n) is 2.89. The Morgan fingerprint density at radius 2 is 1.85 bits per heavy atom. The van der Waals surface area contributed by atoms with Crippen molar-refractivity contribution in [2.24, 2.45) is 5.11 Å². The maximum atomic E-state index is 8.62. The molecule has 1 aromatic heterocycles. The molecule has 6 heteroatoms. The number of para-hydroxylation sites is 2. The molecule has 0 fully saturated rings. The third kappa shape index (κ3) is 1.98. The summed E-state index contributed by atoms with van der Waals surface area (Å²) < 4.78 is 5.58. The van der Waals surface area contributed by atoms with Gasteiger partial charge in [0.15, 0.2) is 5.75 Å². The van der Waals surface area contributed by atoms with Crippen molar-refractivity contribution in [3.05, 3.63) is 46.8 Å². The van der Waals surface area contributed by atoms with Crippen LogP contribution in [-0.4, -0.2) is 16.6 Å². The molecule has 0 saturated carbocycles. The molecule has 98 valence electrons. The SMILES string of the molecule is CCOc1c(N=[N+]=[N-])ccc2nc3ccccc3nc12. The first-order valence-corrected chi connectivity index (χ1v) is 6.21. The number of rotatable bonds is 3. The Balaban J connectivity index is 2.38. The normalized spacial score (nSPS) is 10.4. The van der Waals surface area contributed by atoms with Crippen molar-refractivity contribution in [3.8, 4) is 5.75 Å². The number of azide groups is 1. The summed E-state index contributed by atoms with van der Waals surface area (Å²) in [6, 6.07) is 11.1. The Morgan fingerprint density at radius 1 is 1.10 bits per heavy atom. The monoisotopic (exact) mass is 265 g/mol. The number of hydrogen-bond acceptors (Lipinski definition) is 4. The van der Waals surface area contributed by atoms with E-state index in [0.29, 0.717) is 29.1 Å². The Kier molecular flexibility index (Phi) is 3.07. The number of hydrogen-bond donors (Lipinski definition) is 0. The Hall–Kier alpha value is -2.85. The molecule has 6 nitrogen and oxygen atoms in total. The van der Waals surface area contributed by atoms with Crippen LogP contribution in [0.3, 0.4) is 0 Å². The molecule has 3 aromatic rings. The van der Waals surface area contributed by atoms with Gasteiger partial charge in [-0.1, -0.05) is 17.2 Å². The van der Waals surface area contributed by atoms with Crippen LogP contribution in [0, 0.1) is 0 Å². The lowest BCUT2D eigenvalue weighted by Crippen LogP contribution is -1.96. The fraction of sp³-hybridized carbons (Fsp3) is 0.143. The lowest BCUT2D eigenvalue weighted by Gasteiger charge is -2.10. The van der Waals surface area contributed by atoms with Crippen LogP contribution in [0.2, 0.25) is 0 Å². The molecule has 0 bridgehead atoms. The molecule has 0 saturated heterocycles. The first kappa shape index (κ1) is 12.2. The van der Waals surface area contributed by atoms with Crippen molar-refractivity contribution >= 4 is 27.8 Å². The van der Waals surface area contributed by atoms with Gasteiger partial charge >= 0.3 is 0 Å². The maximum absolute atomic E-state index is 8.62. The summed E-state index contributed by atoms with van der Waals surface area (Å²) in [6.07, 6.45) is 0. The van der Waals surface area contributed by atoms with Crippen molar-refractivity contribution in [2.75, 3.05) is 6.61 Å². The van der Waals surface area contributed by atoms with Gasteiger partial charge < -0.3 is 4.74 Å². The van der Waals surface area contributed by atoms with Crippen LogP contribution in [0.25, 0.3) is 32.5 Å². The lowest BCUT2D eigenvalue weighted by atomic mass is 10.2. The highest BCUT2D eigenvalue weighted by molar-refractivity contribution is 5.92. The molecule has 0 atom stereocenters. The van der Waals surface area contributed by atoms with Gasteiger partial charge in [0.2, 0.25) is 0 Å². The minimum atomic E-state index is 0.423. The minimum Gasteiger partial charge on any atom is -0.491 e. The van der Waals surface area contributed by atoms with Crippen LogP contribution in [0.1, 0.15) is 6.92 Å². The van der Waals surface area contributed by atoms with Gasteiger partial charge in [0.25, 0.3) is 0 Å².